The second kappa shape index (κ2) is 9.82. The first-order valence-electron chi connectivity index (χ1n) is 8.38. The average molecular weight is 375 g/mol. The van der Waals surface area contributed by atoms with E-state index in [1.54, 1.807) is 18.2 Å². The van der Waals surface area contributed by atoms with Gasteiger partial charge in [-0.1, -0.05) is 17.7 Å². The second-order valence-electron chi connectivity index (χ2n) is 5.90. The van der Waals surface area contributed by atoms with Crippen molar-refractivity contribution in [2.45, 2.75) is 27.2 Å². The van der Waals surface area contributed by atoms with E-state index in [9.17, 15) is 4.79 Å². The fourth-order valence-electron chi connectivity index (χ4n) is 2.18. The molecule has 2 rings (SSSR count). The number of amides is 1. The molecule has 0 radical (unpaired) electrons. The molecule has 1 amide bonds. The lowest BCUT2D eigenvalue weighted by molar-refractivity contribution is -0.118. The van der Waals surface area contributed by atoms with Gasteiger partial charge >= 0.3 is 0 Å². The summed E-state index contributed by atoms with van der Waals surface area (Å²) in [6, 6.07) is 11.3. The largest absolute Gasteiger partial charge is 0.493 e. The molecule has 0 saturated carbocycles. The number of nitrogens with zero attached hydrogens (tertiary/aromatic N) is 1. The highest BCUT2D eigenvalue weighted by Gasteiger charge is 2.04. The molecule has 0 heterocycles. The van der Waals surface area contributed by atoms with Gasteiger partial charge in [-0.05, 0) is 55.3 Å². The van der Waals surface area contributed by atoms with Crippen LogP contribution >= 0.6 is 11.6 Å². The van der Waals surface area contributed by atoms with Gasteiger partial charge in [0.25, 0.3) is 0 Å². The van der Waals surface area contributed by atoms with Crippen LogP contribution in [0.1, 0.15) is 30.0 Å². The number of hydrogen-bond acceptors (Lipinski definition) is 4. The average Bonchev–Trinajstić information content (AvgIpc) is 2.59. The van der Waals surface area contributed by atoms with Crippen molar-refractivity contribution in [1.82, 2.24) is 5.43 Å². The normalized spacial score (nSPS) is 10.8. The molecule has 26 heavy (non-hydrogen) atoms. The minimum Gasteiger partial charge on any atom is -0.493 e. The van der Waals surface area contributed by atoms with Crippen LogP contribution < -0.4 is 14.9 Å². The molecule has 0 aromatic heterocycles. The van der Waals surface area contributed by atoms with E-state index in [0.717, 1.165) is 12.2 Å². The molecule has 0 aliphatic carbocycles. The van der Waals surface area contributed by atoms with Crippen LogP contribution in [0.3, 0.4) is 0 Å². The van der Waals surface area contributed by atoms with E-state index >= 15 is 0 Å². The monoisotopic (exact) mass is 374 g/mol. The van der Waals surface area contributed by atoms with E-state index in [-0.39, 0.29) is 5.91 Å². The Labute approximate surface area is 159 Å². The van der Waals surface area contributed by atoms with Crippen molar-refractivity contribution >= 4 is 23.7 Å². The van der Waals surface area contributed by atoms with E-state index in [1.165, 1.54) is 24.3 Å². The van der Waals surface area contributed by atoms with Crippen molar-refractivity contribution in [3.05, 3.63) is 58.1 Å². The SMILES string of the molecule is CC(=O)NN=Cc1cc(Cl)ccc1OCCCOc1ccc(C)c(C)c1. The molecule has 0 unspecified atom stereocenters. The first kappa shape index (κ1) is 19.8. The van der Waals surface area contributed by atoms with Crippen LogP contribution in [0, 0.1) is 13.8 Å². The maximum atomic E-state index is 10.9. The Balaban J connectivity index is 1.84. The standard InChI is InChI=1S/C20H23ClN2O3/c1-14-5-7-19(11-15(14)2)25-9-4-10-26-20-8-6-18(21)12-17(20)13-22-23-16(3)24/h5-8,11-13H,4,9-10H2,1-3H3,(H,23,24). The van der Waals surface area contributed by atoms with Gasteiger partial charge in [0.05, 0.1) is 19.4 Å². The van der Waals surface area contributed by atoms with E-state index in [0.29, 0.717) is 29.5 Å². The van der Waals surface area contributed by atoms with Crippen LogP contribution in [0.25, 0.3) is 0 Å². The van der Waals surface area contributed by atoms with Crippen LogP contribution in [-0.2, 0) is 4.79 Å². The number of benzene rings is 2. The summed E-state index contributed by atoms with van der Waals surface area (Å²) in [6.07, 6.45) is 2.24. The summed E-state index contributed by atoms with van der Waals surface area (Å²) in [4.78, 5) is 10.9. The summed E-state index contributed by atoms with van der Waals surface area (Å²) in [7, 11) is 0. The Morgan fingerprint density at radius 1 is 1.12 bits per heavy atom. The number of rotatable bonds is 8. The predicted octanol–water partition coefficient (Wildman–Crippen LogP) is 4.27. The third kappa shape index (κ3) is 6.41. The Morgan fingerprint density at radius 2 is 1.88 bits per heavy atom. The minimum absolute atomic E-state index is 0.241. The first-order chi connectivity index (χ1) is 12.5. The molecule has 0 atom stereocenters. The minimum atomic E-state index is -0.241. The van der Waals surface area contributed by atoms with Gasteiger partial charge in [-0.15, -0.1) is 0 Å². The lowest BCUT2D eigenvalue weighted by Crippen LogP contribution is -2.12. The number of carbonyl (C=O) groups is 1. The molecule has 0 aliphatic heterocycles. The highest BCUT2D eigenvalue weighted by molar-refractivity contribution is 6.30. The number of hydrazone groups is 1. The van der Waals surface area contributed by atoms with E-state index in [2.05, 4.69) is 30.4 Å². The summed E-state index contributed by atoms with van der Waals surface area (Å²) in [5.41, 5.74) is 5.51. The fraction of sp³-hybridized carbons (Fsp3) is 0.300. The van der Waals surface area contributed by atoms with Gasteiger partial charge < -0.3 is 9.47 Å². The quantitative estimate of drug-likeness (QED) is 0.426. The summed E-state index contributed by atoms with van der Waals surface area (Å²) in [5.74, 6) is 1.27. The Hall–Kier alpha value is -2.53. The van der Waals surface area contributed by atoms with Gasteiger partial charge in [0.15, 0.2) is 0 Å². The summed E-state index contributed by atoms with van der Waals surface area (Å²) >= 11 is 6.01. The molecule has 6 heteroatoms. The molecular weight excluding hydrogens is 352 g/mol. The van der Waals surface area contributed by atoms with Crippen LogP contribution in [0.15, 0.2) is 41.5 Å². The molecule has 0 aliphatic rings. The molecule has 138 valence electrons. The van der Waals surface area contributed by atoms with Gasteiger partial charge in [0, 0.05) is 23.9 Å². The van der Waals surface area contributed by atoms with Gasteiger partial charge in [-0.25, -0.2) is 5.43 Å². The van der Waals surface area contributed by atoms with Crippen LogP contribution in [0.4, 0.5) is 0 Å². The predicted molar refractivity (Wildman–Crippen MR) is 104 cm³/mol. The van der Waals surface area contributed by atoms with E-state index in [4.69, 9.17) is 21.1 Å². The molecule has 5 nitrogen and oxygen atoms in total. The molecule has 2 aromatic rings. The Morgan fingerprint density at radius 3 is 2.62 bits per heavy atom. The van der Waals surface area contributed by atoms with Crippen LogP contribution in [0.2, 0.25) is 5.02 Å². The molecule has 0 bridgehead atoms. The van der Waals surface area contributed by atoms with E-state index in [1.807, 2.05) is 12.1 Å². The number of ether oxygens (including phenoxy) is 2. The first-order valence-corrected chi connectivity index (χ1v) is 8.75. The number of hydrogen-bond donors (Lipinski definition) is 1. The van der Waals surface area contributed by atoms with E-state index < -0.39 is 0 Å². The van der Waals surface area contributed by atoms with Gasteiger partial charge in [0.1, 0.15) is 11.5 Å². The van der Waals surface area contributed by atoms with Crippen molar-refractivity contribution in [1.29, 1.82) is 0 Å². The lowest BCUT2D eigenvalue weighted by Gasteiger charge is -2.11. The molecule has 0 saturated heterocycles. The highest BCUT2D eigenvalue weighted by atomic mass is 35.5. The second-order valence-corrected chi connectivity index (χ2v) is 6.34. The number of carbonyl (C=O) groups excluding carboxylic acids is 1. The number of nitrogens with one attached hydrogen (secondary N) is 1. The van der Waals surface area contributed by atoms with Crippen LogP contribution in [-0.4, -0.2) is 25.3 Å². The summed E-state index contributed by atoms with van der Waals surface area (Å²) in [5, 5.41) is 4.42. The van der Waals surface area contributed by atoms with Crippen LogP contribution in [0.5, 0.6) is 11.5 Å². The molecular formula is C20H23ClN2O3. The van der Waals surface area contributed by atoms with Gasteiger partial charge in [0.2, 0.25) is 5.91 Å². The van der Waals surface area contributed by atoms with Crippen molar-refractivity contribution in [3.8, 4) is 11.5 Å². The smallest absolute Gasteiger partial charge is 0.236 e. The summed E-state index contributed by atoms with van der Waals surface area (Å²) < 4.78 is 11.5. The fourth-order valence-corrected chi connectivity index (χ4v) is 2.36. The molecule has 1 N–H and O–H groups in total. The third-order valence-electron chi connectivity index (χ3n) is 3.69. The number of halogens is 1. The number of aryl methyl sites for hydroxylation is 2. The van der Waals surface area contributed by atoms with Crippen molar-refractivity contribution in [2.75, 3.05) is 13.2 Å². The lowest BCUT2D eigenvalue weighted by atomic mass is 10.1. The van der Waals surface area contributed by atoms with Crippen molar-refractivity contribution < 1.29 is 14.3 Å². The highest BCUT2D eigenvalue weighted by Crippen LogP contribution is 2.22. The van der Waals surface area contributed by atoms with Crippen molar-refractivity contribution in [3.63, 3.8) is 0 Å². The zero-order valence-electron chi connectivity index (χ0n) is 15.2. The van der Waals surface area contributed by atoms with Gasteiger partial charge in [-0.2, -0.15) is 5.10 Å². The zero-order valence-corrected chi connectivity index (χ0v) is 16.0. The third-order valence-corrected chi connectivity index (χ3v) is 3.93. The zero-order chi connectivity index (χ0) is 18.9. The maximum Gasteiger partial charge on any atom is 0.236 e. The molecule has 0 spiro atoms. The molecule has 0 fully saturated rings. The van der Waals surface area contributed by atoms with Gasteiger partial charge in [-0.3, -0.25) is 4.79 Å². The summed E-state index contributed by atoms with van der Waals surface area (Å²) in [6.45, 7) is 6.59. The van der Waals surface area contributed by atoms with Crippen molar-refractivity contribution in [2.24, 2.45) is 5.10 Å². The Bertz CT molecular complexity index is 791. The maximum absolute atomic E-state index is 10.9. The Kier molecular flexibility index (Phi) is 7.48. The topological polar surface area (TPSA) is 59.9 Å². The molecule has 2 aromatic carbocycles.